The van der Waals surface area contributed by atoms with Gasteiger partial charge in [-0.1, -0.05) is 25.4 Å². The van der Waals surface area contributed by atoms with E-state index in [2.05, 4.69) is 29.3 Å². The Balaban J connectivity index is 1.89. The maximum Gasteiger partial charge on any atom is 0.231 e. The molecule has 2 rings (SSSR count). The van der Waals surface area contributed by atoms with Crippen LogP contribution in [0.3, 0.4) is 0 Å². The summed E-state index contributed by atoms with van der Waals surface area (Å²) in [6, 6.07) is 0.525. The van der Waals surface area contributed by atoms with Crippen molar-refractivity contribution in [2.45, 2.75) is 63.7 Å². The molecule has 1 aliphatic rings. The number of hydrogen-bond acceptors (Lipinski definition) is 5. The van der Waals surface area contributed by atoms with Gasteiger partial charge in [-0.2, -0.15) is 16.7 Å². The van der Waals surface area contributed by atoms with Gasteiger partial charge >= 0.3 is 0 Å². The Morgan fingerprint density at radius 3 is 3.00 bits per heavy atom. The number of thioether (sulfide) groups is 1. The van der Waals surface area contributed by atoms with Crippen LogP contribution in [0, 0.1) is 0 Å². The van der Waals surface area contributed by atoms with E-state index < -0.39 is 0 Å². The summed E-state index contributed by atoms with van der Waals surface area (Å²) in [5, 5.41) is 7.72. The first-order chi connectivity index (χ1) is 9.35. The SMILES string of the molecule is CCCNC1CCCC1c1nc(CSCCC)no1. The zero-order chi connectivity index (χ0) is 13.5. The zero-order valence-electron chi connectivity index (χ0n) is 12.0. The largest absolute Gasteiger partial charge is 0.339 e. The average Bonchev–Trinajstić information content (AvgIpc) is 3.05. The van der Waals surface area contributed by atoms with Crippen molar-refractivity contribution in [3.05, 3.63) is 11.7 Å². The maximum absolute atomic E-state index is 5.48. The molecule has 108 valence electrons. The quantitative estimate of drug-likeness (QED) is 0.741. The first kappa shape index (κ1) is 14.9. The van der Waals surface area contributed by atoms with Crippen molar-refractivity contribution in [2.24, 2.45) is 0 Å². The maximum atomic E-state index is 5.48. The Morgan fingerprint density at radius 2 is 2.21 bits per heavy atom. The van der Waals surface area contributed by atoms with Crippen molar-refractivity contribution < 1.29 is 4.52 Å². The predicted molar refractivity (Wildman–Crippen MR) is 79.4 cm³/mol. The summed E-state index contributed by atoms with van der Waals surface area (Å²) < 4.78 is 5.48. The molecule has 1 aromatic heterocycles. The normalized spacial score (nSPS) is 23.1. The van der Waals surface area contributed by atoms with Crippen LogP contribution in [0.15, 0.2) is 4.52 Å². The molecule has 1 aromatic rings. The number of nitrogens with one attached hydrogen (secondary N) is 1. The van der Waals surface area contributed by atoms with E-state index in [0.717, 1.165) is 29.8 Å². The van der Waals surface area contributed by atoms with Crippen LogP contribution >= 0.6 is 11.8 Å². The van der Waals surface area contributed by atoms with E-state index in [1.54, 1.807) is 0 Å². The molecule has 0 aromatic carbocycles. The Kier molecular flexibility index (Phi) is 6.17. The lowest BCUT2D eigenvalue weighted by Crippen LogP contribution is -2.31. The molecule has 1 saturated carbocycles. The molecule has 1 fully saturated rings. The summed E-state index contributed by atoms with van der Waals surface area (Å²) in [4.78, 5) is 4.58. The minimum atomic E-state index is 0.420. The van der Waals surface area contributed by atoms with Gasteiger partial charge in [-0.3, -0.25) is 0 Å². The third kappa shape index (κ3) is 4.21. The van der Waals surface area contributed by atoms with Gasteiger partial charge in [-0.25, -0.2) is 0 Å². The topological polar surface area (TPSA) is 51.0 Å². The van der Waals surface area contributed by atoms with Gasteiger partial charge in [0.25, 0.3) is 0 Å². The van der Waals surface area contributed by atoms with Crippen molar-refractivity contribution in [1.29, 1.82) is 0 Å². The van der Waals surface area contributed by atoms with Crippen molar-refractivity contribution in [3.8, 4) is 0 Å². The lowest BCUT2D eigenvalue weighted by molar-refractivity contribution is 0.328. The fourth-order valence-electron chi connectivity index (χ4n) is 2.61. The standard InChI is InChI=1S/C14H25N3OS/c1-3-8-15-12-7-5-6-11(12)14-16-13(17-18-14)10-19-9-4-2/h11-12,15H,3-10H2,1-2H3. The summed E-state index contributed by atoms with van der Waals surface area (Å²) in [5.74, 6) is 4.15. The van der Waals surface area contributed by atoms with Crippen molar-refractivity contribution in [3.63, 3.8) is 0 Å². The molecule has 0 aliphatic heterocycles. The lowest BCUT2D eigenvalue weighted by Gasteiger charge is -2.17. The van der Waals surface area contributed by atoms with Gasteiger partial charge in [0, 0.05) is 6.04 Å². The van der Waals surface area contributed by atoms with Crippen LogP contribution in [-0.4, -0.2) is 28.5 Å². The molecule has 19 heavy (non-hydrogen) atoms. The molecular weight excluding hydrogens is 258 g/mol. The van der Waals surface area contributed by atoms with E-state index in [-0.39, 0.29) is 0 Å². The van der Waals surface area contributed by atoms with E-state index in [1.165, 1.54) is 32.1 Å². The molecule has 5 heteroatoms. The second kappa shape index (κ2) is 7.90. The van der Waals surface area contributed by atoms with E-state index >= 15 is 0 Å². The van der Waals surface area contributed by atoms with E-state index in [1.807, 2.05) is 11.8 Å². The van der Waals surface area contributed by atoms with E-state index in [0.29, 0.717) is 12.0 Å². The first-order valence-electron chi connectivity index (χ1n) is 7.48. The van der Waals surface area contributed by atoms with Crippen LogP contribution in [0.2, 0.25) is 0 Å². The predicted octanol–water partition coefficient (Wildman–Crippen LogP) is 3.35. The summed E-state index contributed by atoms with van der Waals surface area (Å²) in [5.41, 5.74) is 0. The third-order valence-corrected chi connectivity index (χ3v) is 4.71. The fraction of sp³-hybridized carbons (Fsp3) is 0.857. The molecule has 0 spiro atoms. The van der Waals surface area contributed by atoms with Gasteiger partial charge in [0.15, 0.2) is 5.82 Å². The Bertz CT molecular complexity index is 369. The lowest BCUT2D eigenvalue weighted by atomic mass is 10.0. The minimum Gasteiger partial charge on any atom is -0.339 e. The molecule has 0 amide bonds. The van der Waals surface area contributed by atoms with Gasteiger partial charge in [0.05, 0.1) is 11.7 Å². The average molecular weight is 283 g/mol. The molecule has 1 aliphatic carbocycles. The highest BCUT2D eigenvalue weighted by Gasteiger charge is 2.32. The van der Waals surface area contributed by atoms with Crippen LogP contribution in [0.5, 0.6) is 0 Å². The smallest absolute Gasteiger partial charge is 0.231 e. The molecule has 1 heterocycles. The molecule has 0 bridgehead atoms. The number of rotatable bonds is 8. The van der Waals surface area contributed by atoms with E-state index in [4.69, 9.17) is 4.52 Å². The van der Waals surface area contributed by atoms with Crippen molar-refractivity contribution in [2.75, 3.05) is 12.3 Å². The van der Waals surface area contributed by atoms with Crippen LogP contribution in [0.1, 0.15) is 63.6 Å². The molecule has 0 saturated heterocycles. The number of hydrogen-bond donors (Lipinski definition) is 1. The molecule has 0 radical (unpaired) electrons. The highest BCUT2D eigenvalue weighted by Crippen LogP contribution is 2.33. The summed E-state index contributed by atoms with van der Waals surface area (Å²) >= 11 is 1.88. The molecule has 1 N–H and O–H groups in total. The molecule has 2 unspecified atom stereocenters. The third-order valence-electron chi connectivity index (χ3n) is 3.55. The van der Waals surface area contributed by atoms with Crippen LogP contribution in [0.4, 0.5) is 0 Å². The van der Waals surface area contributed by atoms with Crippen molar-refractivity contribution >= 4 is 11.8 Å². The van der Waals surface area contributed by atoms with Gasteiger partial charge in [0.2, 0.25) is 5.89 Å². The molecule has 2 atom stereocenters. The van der Waals surface area contributed by atoms with Gasteiger partial charge in [-0.15, -0.1) is 0 Å². The Labute approximate surface area is 120 Å². The molecule has 4 nitrogen and oxygen atoms in total. The Hall–Kier alpha value is -0.550. The second-order valence-corrected chi connectivity index (χ2v) is 6.30. The van der Waals surface area contributed by atoms with Crippen LogP contribution in [0.25, 0.3) is 0 Å². The summed E-state index contributed by atoms with van der Waals surface area (Å²) in [7, 11) is 0. The molecular formula is C14H25N3OS. The van der Waals surface area contributed by atoms with Gasteiger partial charge in [0.1, 0.15) is 0 Å². The minimum absolute atomic E-state index is 0.420. The van der Waals surface area contributed by atoms with Crippen LogP contribution < -0.4 is 5.32 Å². The second-order valence-electron chi connectivity index (χ2n) is 5.20. The Morgan fingerprint density at radius 1 is 1.32 bits per heavy atom. The monoisotopic (exact) mass is 283 g/mol. The highest BCUT2D eigenvalue weighted by atomic mass is 32.2. The number of nitrogens with zero attached hydrogens (tertiary/aromatic N) is 2. The zero-order valence-corrected chi connectivity index (χ0v) is 12.8. The first-order valence-corrected chi connectivity index (χ1v) is 8.64. The van der Waals surface area contributed by atoms with Crippen LogP contribution in [-0.2, 0) is 5.75 Å². The summed E-state index contributed by atoms with van der Waals surface area (Å²) in [6.45, 7) is 5.47. The summed E-state index contributed by atoms with van der Waals surface area (Å²) in [6.07, 6.45) is 6.03. The van der Waals surface area contributed by atoms with Gasteiger partial charge < -0.3 is 9.84 Å². The fourth-order valence-corrected chi connectivity index (χ4v) is 3.35. The van der Waals surface area contributed by atoms with Gasteiger partial charge in [-0.05, 0) is 38.0 Å². The highest BCUT2D eigenvalue weighted by molar-refractivity contribution is 7.98. The van der Waals surface area contributed by atoms with Crippen molar-refractivity contribution in [1.82, 2.24) is 15.5 Å². The van der Waals surface area contributed by atoms with E-state index in [9.17, 15) is 0 Å². The number of aromatic nitrogens is 2.